The van der Waals surface area contributed by atoms with Gasteiger partial charge >= 0.3 is 5.97 Å². The standard InChI is InChI=1S/C22H28O6/c1-22(2)27-20-19(24-14-15-10-6-5-7-11-15)18(26-21(20)28-22)16-12-8-3-4-9-13-17(23)25-16/h3-7,10-11,16,18-21H,8-9,12-14H2,1-2H3/b4-3-/t16-,18+,19-,20+,21+/m0/s1. The van der Waals surface area contributed by atoms with Gasteiger partial charge in [-0.3, -0.25) is 4.79 Å². The highest BCUT2D eigenvalue weighted by molar-refractivity contribution is 5.69. The van der Waals surface area contributed by atoms with E-state index in [1.165, 1.54) is 0 Å². The first kappa shape index (κ1) is 19.6. The van der Waals surface area contributed by atoms with E-state index in [2.05, 4.69) is 6.08 Å². The Morgan fingerprint density at radius 1 is 1.07 bits per heavy atom. The Morgan fingerprint density at radius 3 is 2.68 bits per heavy atom. The van der Waals surface area contributed by atoms with Gasteiger partial charge in [-0.2, -0.15) is 0 Å². The third kappa shape index (κ3) is 4.46. The summed E-state index contributed by atoms with van der Waals surface area (Å²) in [5, 5.41) is 0. The molecule has 0 unspecified atom stereocenters. The molecule has 6 heteroatoms. The number of rotatable bonds is 4. The van der Waals surface area contributed by atoms with Gasteiger partial charge in [-0.25, -0.2) is 0 Å². The van der Waals surface area contributed by atoms with Gasteiger partial charge in [0.2, 0.25) is 0 Å². The van der Waals surface area contributed by atoms with Gasteiger partial charge in [0.25, 0.3) is 0 Å². The van der Waals surface area contributed by atoms with Crippen LogP contribution in [0.2, 0.25) is 0 Å². The van der Waals surface area contributed by atoms with E-state index in [9.17, 15) is 4.79 Å². The summed E-state index contributed by atoms with van der Waals surface area (Å²) in [4.78, 5) is 12.2. The number of benzene rings is 1. The number of allylic oxidation sites excluding steroid dienone is 2. The van der Waals surface area contributed by atoms with Crippen molar-refractivity contribution in [2.45, 2.75) is 82.6 Å². The number of carbonyl (C=O) groups excluding carboxylic acids is 1. The first-order valence-electron chi connectivity index (χ1n) is 10.0. The Kier molecular flexibility index (Phi) is 5.83. The lowest BCUT2D eigenvalue weighted by atomic mass is 10.0. The Balaban J connectivity index is 1.52. The van der Waals surface area contributed by atoms with E-state index in [0.29, 0.717) is 25.9 Å². The number of cyclic esters (lactones) is 1. The third-order valence-corrected chi connectivity index (χ3v) is 5.26. The first-order chi connectivity index (χ1) is 13.5. The van der Waals surface area contributed by atoms with E-state index < -0.39 is 24.3 Å². The lowest BCUT2D eigenvalue weighted by Crippen LogP contribution is -2.44. The van der Waals surface area contributed by atoms with Crippen molar-refractivity contribution in [2.75, 3.05) is 0 Å². The van der Waals surface area contributed by atoms with Crippen LogP contribution >= 0.6 is 0 Å². The van der Waals surface area contributed by atoms with Crippen LogP contribution in [0.25, 0.3) is 0 Å². The summed E-state index contributed by atoms with van der Waals surface area (Å²) in [6, 6.07) is 9.97. The molecule has 0 aromatic heterocycles. The fourth-order valence-electron chi connectivity index (χ4n) is 3.98. The molecule has 0 amide bonds. The van der Waals surface area contributed by atoms with E-state index in [0.717, 1.165) is 12.0 Å². The normalized spacial score (nSPS) is 36.1. The lowest BCUT2D eigenvalue weighted by Gasteiger charge is -2.30. The SMILES string of the molecule is CC1(C)O[C@H]2O[C@H]([C@@H]3CC/C=C\CCC(=O)O3)[C@H](OCc3ccccc3)[C@H]2O1. The molecule has 0 aliphatic carbocycles. The summed E-state index contributed by atoms with van der Waals surface area (Å²) in [5.41, 5.74) is 1.07. The molecule has 1 aromatic rings. The molecule has 0 N–H and O–H groups in total. The number of hydrogen-bond donors (Lipinski definition) is 0. The molecule has 4 rings (SSSR count). The second-order valence-electron chi connectivity index (χ2n) is 7.95. The van der Waals surface area contributed by atoms with Gasteiger partial charge in [-0.15, -0.1) is 0 Å². The summed E-state index contributed by atoms with van der Waals surface area (Å²) >= 11 is 0. The number of ether oxygens (including phenoxy) is 5. The van der Waals surface area contributed by atoms with Crippen molar-refractivity contribution in [3.63, 3.8) is 0 Å². The van der Waals surface area contributed by atoms with E-state index >= 15 is 0 Å². The third-order valence-electron chi connectivity index (χ3n) is 5.26. The van der Waals surface area contributed by atoms with Crippen molar-refractivity contribution in [2.24, 2.45) is 0 Å². The minimum atomic E-state index is -0.730. The van der Waals surface area contributed by atoms with Crippen LogP contribution in [-0.2, 0) is 35.1 Å². The molecule has 0 spiro atoms. The smallest absolute Gasteiger partial charge is 0.306 e. The van der Waals surface area contributed by atoms with E-state index in [4.69, 9.17) is 23.7 Å². The molecule has 2 saturated heterocycles. The van der Waals surface area contributed by atoms with Gasteiger partial charge in [0, 0.05) is 6.42 Å². The van der Waals surface area contributed by atoms with Crippen molar-refractivity contribution in [1.82, 2.24) is 0 Å². The van der Waals surface area contributed by atoms with Crippen molar-refractivity contribution >= 4 is 5.97 Å². The Morgan fingerprint density at radius 2 is 1.86 bits per heavy atom. The van der Waals surface area contributed by atoms with Gasteiger partial charge in [-0.05, 0) is 38.7 Å². The average molecular weight is 388 g/mol. The monoisotopic (exact) mass is 388 g/mol. The molecule has 1 aromatic carbocycles. The summed E-state index contributed by atoms with van der Waals surface area (Å²) in [6.07, 6.45) is 4.64. The second-order valence-corrected chi connectivity index (χ2v) is 7.95. The number of esters is 1. The van der Waals surface area contributed by atoms with Crippen LogP contribution in [0, 0.1) is 0 Å². The highest BCUT2D eigenvalue weighted by atomic mass is 16.8. The van der Waals surface area contributed by atoms with Crippen LogP contribution in [-0.4, -0.2) is 42.5 Å². The maximum Gasteiger partial charge on any atom is 0.306 e. The second kappa shape index (κ2) is 8.33. The molecule has 6 nitrogen and oxygen atoms in total. The van der Waals surface area contributed by atoms with E-state index in [1.807, 2.05) is 50.3 Å². The first-order valence-corrected chi connectivity index (χ1v) is 10.0. The number of fused-ring (bicyclic) bond motifs is 1. The largest absolute Gasteiger partial charge is 0.459 e. The molecule has 3 aliphatic rings. The summed E-state index contributed by atoms with van der Waals surface area (Å²) in [5.74, 6) is -0.937. The van der Waals surface area contributed by atoms with Gasteiger partial charge in [-0.1, -0.05) is 42.5 Å². The Hall–Kier alpha value is -1.73. The topological polar surface area (TPSA) is 63.2 Å². The van der Waals surface area contributed by atoms with Crippen LogP contribution in [0.15, 0.2) is 42.5 Å². The molecule has 28 heavy (non-hydrogen) atoms. The number of carbonyl (C=O) groups is 1. The van der Waals surface area contributed by atoms with Crippen LogP contribution in [0.1, 0.15) is 45.1 Å². The predicted octanol–water partition coefficient (Wildman–Crippen LogP) is 3.49. The zero-order valence-corrected chi connectivity index (χ0v) is 16.4. The average Bonchev–Trinajstić information content (AvgIpc) is 3.17. The van der Waals surface area contributed by atoms with Crippen molar-refractivity contribution in [3.8, 4) is 0 Å². The molecule has 3 heterocycles. The fourth-order valence-corrected chi connectivity index (χ4v) is 3.98. The molecule has 0 bridgehead atoms. The van der Waals surface area contributed by atoms with Crippen LogP contribution in [0.4, 0.5) is 0 Å². The summed E-state index contributed by atoms with van der Waals surface area (Å²) in [7, 11) is 0. The molecule has 3 aliphatic heterocycles. The summed E-state index contributed by atoms with van der Waals surface area (Å²) in [6.45, 7) is 4.16. The molecular formula is C22H28O6. The van der Waals surface area contributed by atoms with Crippen molar-refractivity contribution in [3.05, 3.63) is 48.0 Å². The van der Waals surface area contributed by atoms with E-state index in [1.54, 1.807) is 0 Å². The quantitative estimate of drug-likeness (QED) is 0.581. The number of hydrogen-bond acceptors (Lipinski definition) is 6. The van der Waals surface area contributed by atoms with Gasteiger partial charge in [0.1, 0.15) is 24.4 Å². The molecular weight excluding hydrogens is 360 g/mol. The summed E-state index contributed by atoms with van der Waals surface area (Å²) < 4.78 is 30.2. The molecule has 0 radical (unpaired) electrons. The maximum absolute atomic E-state index is 12.2. The van der Waals surface area contributed by atoms with E-state index in [-0.39, 0.29) is 18.2 Å². The zero-order valence-electron chi connectivity index (χ0n) is 16.4. The highest BCUT2D eigenvalue weighted by Gasteiger charge is 2.57. The molecule has 152 valence electrons. The lowest BCUT2D eigenvalue weighted by molar-refractivity contribution is -0.233. The minimum absolute atomic E-state index is 0.207. The van der Waals surface area contributed by atoms with Gasteiger partial charge in [0.05, 0.1) is 6.61 Å². The zero-order chi connectivity index (χ0) is 19.6. The van der Waals surface area contributed by atoms with Crippen LogP contribution in [0.3, 0.4) is 0 Å². The Labute approximate surface area is 165 Å². The molecule has 0 saturated carbocycles. The van der Waals surface area contributed by atoms with Crippen LogP contribution < -0.4 is 0 Å². The van der Waals surface area contributed by atoms with Crippen molar-refractivity contribution in [1.29, 1.82) is 0 Å². The molecule has 5 atom stereocenters. The van der Waals surface area contributed by atoms with Crippen molar-refractivity contribution < 1.29 is 28.5 Å². The van der Waals surface area contributed by atoms with Crippen LogP contribution in [0.5, 0.6) is 0 Å². The maximum atomic E-state index is 12.2. The predicted molar refractivity (Wildman–Crippen MR) is 101 cm³/mol. The van der Waals surface area contributed by atoms with Gasteiger partial charge in [0.15, 0.2) is 12.1 Å². The highest BCUT2D eigenvalue weighted by Crippen LogP contribution is 2.41. The fraction of sp³-hybridized carbons (Fsp3) is 0.591. The van der Waals surface area contributed by atoms with Gasteiger partial charge < -0.3 is 23.7 Å². The minimum Gasteiger partial charge on any atom is -0.459 e. The molecule has 2 fully saturated rings. The Bertz CT molecular complexity index is 700.